The minimum atomic E-state index is 0.0488. The molecule has 0 bridgehead atoms. The molecular weight excluding hydrogens is 466 g/mol. The van der Waals surface area contributed by atoms with Gasteiger partial charge in [-0.05, 0) is 52.1 Å². The molecule has 0 aliphatic carbocycles. The number of piperazine rings is 1. The Bertz CT molecular complexity index is 1200. The first-order valence-corrected chi connectivity index (χ1v) is 13.7. The molecule has 5 nitrogen and oxygen atoms in total. The lowest BCUT2D eigenvalue weighted by atomic mass is 9.86. The van der Waals surface area contributed by atoms with Crippen LogP contribution in [0.15, 0.2) is 66.0 Å². The van der Waals surface area contributed by atoms with Crippen molar-refractivity contribution in [3.05, 3.63) is 93.2 Å². The number of rotatable bonds is 4. The van der Waals surface area contributed by atoms with Crippen LogP contribution in [0.1, 0.15) is 58.7 Å². The molecule has 5 rings (SSSR count). The Labute approximate surface area is 218 Å². The summed E-state index contributed by atoms with van der Waals surface area (Å²) >= 11 is 1.82. The molecule has 0 saturated carbocycles. The molecule has 0 spiro atoms. The maximum atomic E-state index is 13.4. The Hall–Kier alpha value is -2.96. The van der Waals surface area contributed by atoms with Crippen LogP contribution < -0.4 is 0 Å². The standard InChI is InChI=1S/C30H35N3O2S/c1-30(2,3)24-11-9-23(10-12-24)29(35)32-18-16-31(17-19-32)27(34)21-33-15-13-26-25(14-20-36-26)28(33)22-7-5-4-6-8-22/h4-12,14,20,28H,13,15-19,21H2,1-3H3/t28-/m1/s1. The summed E-state index contributed by atoms with van der Waals surface area (Å²) in [5.41, 5.74) is 4.56. The maximum Gasteiger partial charge on any atom is 0.253 e. The van der Waals surface area contributed by atoms with Crippen molar-refractivity contribution in [1.82, 2.24) is 14.7 Å². The minimum Gasteiger partial charge on any atom is -0.338 e. The number of amides is 2. The zero-order valence-electron chi connectivity index (χ0n) is 21.4. The van der Waals surface area contributed by atoms with Crippen LogP contribution >= 0.6 is 11.3 Å². The maximum absolute atomic E-state index is 13.4. The summed E-state index contributed by atoms with van der Waals surface area (Å²) < 4.78 is 0. The molecule has 1 fully saturated rings. The van der Waals surface area contributed by atoms with E-state index >= 15 is 0 Å². The zero-order chi connectivity index (χ0) is 25.3. The Morgan fingerprint density at radius 1 is 0.861 bits per heavy atom. The van der Waals surface area contributed by atoms with Crippen molar-refractivity contribution >= 4 is 23.2 Å². The van der Waals surface area contributed by atoms with Crippen LogP contribution in [0.25, 0.3) is 0 Å². The molecule has 2 aliphatic rings. The second-order valence-electron chi connectivity index (χ2n) is 10.8. The molecular formula is C30H35N3O2S. The Morgan fingerprint density at radius 3 is 2.19 bits per heavy atom. The summed E-state index contributed by atoms with van der Waals surface area (Å²) in [6.45, 7) is 10.1. The van der Waals surface area contributed by atoms with E-state index in [0.29, 0.717) is 38.3 Å². The second kappa shape index (κ2) is 10.2. The van der Waals surface area contributed by atoms with Crippen LogP contribution in [0.4, 0.5) is 0 Å². The van der Waals surface area contributed by atoms with Gasteiger partial charge in [-0.15, -0.1) is 11.3 Å². The van der Waals surface area contributed by atoms with Gasteiger partial charge in [0.05, 0.1) is 12.6 Å². The predicted molar refractivity (Wildman–Crippen MR) is 146 cm³/mol. The lowest BCUT2D eigenvalue weighted by Crippen LogP contribution is -2.53. The van der Waals surface area contributed by atoms with E-state index < -0.39 is 0 Å². The van der Waals surface area contributed by atoms with Crippen molar-refractivity contribution in [2.24, 2.45) is 0 Å². The molecule has 1 saturated heterocycles. The normalized spacial score (nSPS) is 18.7. The van der Waals surface area contributed by atoms with Gasteiger partial charge in [-0.3, -0.25) is 14.5 Å². The van der Waals surface area contributed by atoms with Gasteiger partial charge >= 0.3 is 0 Å². The summed E-state index contributed by atoms with van der Waals surface area (Å²) in [5, 5.41) is 2.17. The predicted octanol–water partition coefficient (Wildman–Crippen LogP) is 4.98. The van der Waals surface area contributed by atoms with Gasteiger partial charge in [0.2, 0.25) is 5.91 Å². The summed E-state index contributed by atoms with van der Waals surface area (Å²) in [6, 6.07) is 20.8. The third kappa shape index (κ3) is 5.11. The number of carbonyl (C=O) groups excluding carboxylic acids is 2. The monoisotopic (exact) mass is 501 g/mol. The van der Waals surface area contributed by atoms with Crippen molar-refractivity contribution in [2.75, 3.05) is 39.3 Å². The molecule has 3 aromatic rings. The average molecular weight is 502 g/mol. The van der Waals surface area contributed by atoms with Gasteiger partial charge in [-0.25, -0.2) is 0 Å². The summed E-state index contributed by atoms with van der Waals surface area (Å²) in [7, 11) is 0. The van der Waals surface area contributed by atoms with Crippen LogP contribution in [-0.4, -0.2) is 65.8 Å². The van der Waals surface area contributed by atoms with E-state index in [1.807, 2.05) is 51.5 Å². The molecule has 6 heteroatoms. The van der Waals surface area contributed by atoms with Crippen LogP contribution in [0.3, 0.4) is 0 Å². The number of thiophene rings is 1. The van der Waals surface area contributed by atoms with Gasteiger partial charge in [0.25, 0.3) is 5.91 Å². The van der Waals surface area contributed by atoms with Gasteiger partial charge in [-0.2, -0.15) is 0 Å². The van der Waals surface area contributed by atoms with E-state index in [2.05, 4.69) is 61.4 Å². The van der Waals surface area contributed by atoms with E-state index in [-0.39, 0.29) is 23.3 Å². The fourth-order valence-corrected chi connectivity index (χ4v) is 6.20. The Morgan fingerprint density at radius 2 is 1.53 bits per heavy atom. The lowest BCUT2D eigenvalue weighted by Gasteiger charge is -2.39. The highest BCUT2D eigenvalue weighted by Gasteiger charge is 2.33. The zero-order valence-corrected chi connectivity index (χ0v) is 22.3. The SMILES string of the molecule is CC(C)(C)c1ccc(C(=O)N2CCN(C(=O)CN3CCc4sccc4[C@H]3c3ccccc3)CC2)cc1. The van der Waals surface area contributed by atoms with Crippen molar-refractivity contribution in [3.8, 4) is 0 Å². The van der Waals surface area contributed by atoms with Gasteiger partial charge in [-0.1, -0.05) is 63.2 Å². The third-order valence-corrected chi connectivity index (χ3v) is 8.43. The molecule has 188 valence electrons. The van der Waals surface area contributed by atoms with Crippen molar-refractivity contribution in [1.29, 1.82) is 0 Å². The van der Waals surface area contributed by atoms with Crippen LogP contribution in [0.2, 0.25) is 0 Å². The molecule has 2 aromatic carbocycles. The van der Waals surface area contributed by atoms with Gasteiger partial charge in [0, 0.05) is 43.2 Å². The molecule has 1 aromatic heterocycles. The molecule has 36 heavy (non-hydrogen) atoms. The minimum absolute atomic E-state index is 0.0488. The average Bonchev–Trinajstić information content (AvgIpc) is 3.37. The van der Waals surface area contributed by atoms with Crippen molar-refractivity contribution in [2.45, 2.75) is 38.6 Å². The van der Waals surface area contributed by atoms with E-state index in [1.165, 1.54) is 21.6 Å². The van der Waals surface area contributed by atoms with E-state index in [1.54, 1.807) is 0 Å². The first-order chi connectivity index (χ1) is 17.3. The first-order valence-electron chi connectivity index (χ1n) is 12.8. The van der Waals surface area contributed by atoms with Crippen molar-refractivity contribution in [3.63, 3.8) is 0 Å². The van der Waals surface area contributed by atoms with E-state index in [4.69, 9.17) is 0 Å². The lowest BCUT2D eigenvalue weighted by molar-refractivity contribution is -0.134. The number of nitrogens with zero attached hydrogens (tertiary/aromatic N) is 3. The van der Waals surface area contributed by atoms with Gasteiger partial charge < -0.3 is 9.80 Å². The fraction of sp³-hybridized carbons (Fsp3) is 0.400. The van der Waals surface area contributed by atoms with Crippen LogP contribution in [0, 0.1) is 0 Å². The molecule has 0 unspecified atom stereocenters. The van der Waals surface area contributed by atoms with Crippen molar-refractivity contribution < 1.29 is 9.59 Å². The Kier molecular flexibility index (Phi) is 7.00. The molecule has 3 heterocycles. The highest BCUT2D eigenvalue weighted by Crippen LogP contribution is 2.37. The topological polar surface area (TPSA) is 43.9 Å². The smallest absolute Gasteiger partial charge is 0.253 e. The number of fused-ring (bicyclic) bond motifs is 1. The number of hydrogen-bond donors (Lipinski definition) is 0. The third-order valence-electron chi connectivity index (χ3n) is 7.44. The summed E-state index contributed by atoms with van der Waals surface area (Å²) in [4.78, 5) is 34.0. The number of benzene rings is 2. The highest BCUT2D eigenvalue weighted by molar-refractivity contribution is 7.10. The first kappa shape index (κ1) is 24.7. The molecule has 2 amide bonds. The van der Waals surface area contributed by atoms with Crippen LogP contribution in [-0.2, 0) is 16.6 Å². The largest absolute Gasteiger partial charge is 0.338 e. The second-order valence-corrected chi connectivity index (χ2v) is 11.8. The fourth-order valence-electron chi connectivity index (χ4n) is 5.29. The number of hydrogen-bond acceptors (Lipinski definition) is 4. The number of carbonyl (C=O) groups is 2. The molecule has 1 atom stereocenters. The summed E-state index contributed by atoms with van der Waals surface area (Å²) in [5.74, 6) is 0.198. The van der Waals surface area contributed by atoms with Crippen LogP contribution in [0.5, 0.6) is 0 Å². The van der Waals surface area contributed by atoms with Gasteiger partial charge in [0.1, 0.15) is 0 Å². The van der Waals surface area contributed by atoms with E-state index in [0.717, 1.165) is 13.0 Å². The molecule has 0 radical (unpaired) electrons. The quantitative estimate of drug-likeness (QED) is 0.507. The molecule has 0 N–H and O–H groups in total. The molecule has 2 aliphatic heterocycles. The Balaban J connectivity index is 1.21. The van der Waals surface area contributed by atoms with Gasteiger partial charge in [0.15, 0.2) is 0 Å². The highest BCUT2D eigenvalue weighted by atomic mass is 32.1. The summed E-state index contributed by atoms with van der Waals surface area (Å²) in [6.07, 6.45) is 0.986. The van der Waals surface area contributed by atoms with E-state index in [9.17, 15) is 9.59 Å².